The predicted octanol–water partition coefficient (Wildman–Crippen LogP) is 8.84. The molecule has 0 heterocycles. The zero-order valence-electron chi connectivity index (χ0n) is 19.6. The Labute approximate surface area is 183 Å². The van der Waals surface area contributed by atoms with Crippen molar-refractivity contribution in [1.82, 2.24) is 0 Å². The van der Waals surface area contributed by atoms with Gasteiger partial charge < -0.3 is 4.74 Å². The van der Waals surface area contributed by atoms with Crippen LogP contribution >= 0.6 is 0 Å². The van der Waals surface area contributed by atoms with Crippen molar-refractivity contribution < 1.29 is 4.74 Å². The second kappa shape index (κ2) is 9.08. The van der Waals surface area contributed by atoms with Gasteiger partial charge in [0.05, 0.1) is 0 Å². The van der Waals surface area contributed by atoms with Crippen molar-refractivity contribution in [3.8, 4) is 11.5 Å². The van der Waals surface area contributed by atoms with E-state index in [1.54, 1.807) is 0 Å². The van der Waals surface area contributed by atoms with Crippen molar-refractivity contribution >= 4 is 5.57 Å². The zero-order valence-corrected chi connectivity index (χ0v) is 19.6. The number of ether oxygens (including phenoxy) is 1. The SMILES string of the molecule is C=C/C(C)=C(/C1=C(C)CCCC1(C)C)c1cccc(Oc2ccc(C)cc2)c1CC. The lowest BCUT2D eigenvalue weighted by molar-refractivity contribution is 0.379. The number of rotatable bonds is 6. The van der Waals surface area contributed by atoms with Crippen LogP contribution in [0.15, 0.2) is 71.8 Å². The van der Waals surface area contributed by atoms with Crippen molar-refractivity contribution in [1.29, 1.82) is 0 Å². The lowest BCUT2D eigenvalue weighted by atomic mass is 9.67. The summed E-state index contributed by atoms with van der Waals surface area (Å²) < 4.78 is 6.36. The van der Waals surface area contributed by atoms with Crippen LogP contribution in [0.1, 0.15) is 70.6 Å². The zero-order chi connectivity index (χ0) is 21.9. The molecule has 0 atom stereocenters. The van der Waals surface area contributed by atoms with Crippen LogP contribution in [-0.4, -0.2) is 0 Å². The average Bonchev–Trinajstić information content (AvgIpc) is 2.71. The Morgan fingerprint density at radius 2 is 1.80 bits per heavy atom. The highest BCUT2D eigenvalue weighted by Gasteiger charge is 2.32. The third-order valence-electron chi connectivity index (χ3n) is 6.41. The van der Waals surface area contributed by atoms with E-state index < -0.39 is 0 Å². The van der Waals surface area contributed by atoms with Crippen LogP contribution < -0.4 is 4.74 Å². The van der Waals surface area contributed by atoms with Gasteiger partial charge in [-0.25, -0.2) is 0 Å². The maximum Gasteiger partial charge on any atom is 0.131 e. The van der Waals surface area contributed by atoms with Crippen LogP contribution in [0.25, 0.3) is 5.57 Å². The molecule has 0 aromatic heterocycles. The van der Waals surface area contributed by atoms with E-state index in [0.717, 1.165) is 17.9 Å². The second-order valence-corrected chi connectivity index (χ2v) is 9.21. The van der Waals surface area contributed by atoms with Gasteiger partial charge in [-0.2, -0.15) is 0 Å². The Morgan fingerprint density at radius 1 is 1.10 bits per heavy atom. The second-order valence-electron chi connectivity index (χ2n) is 9.21. The van der Waals surface area contributed by atoms with Crippen LogP contribution in [0, 0.1) is 12.3 Å². The molecule has 3 rings (SSSR count). The van der Waals surface area contributed by atoms with Crippen molar-refractivity contribution in [2.24, 2.45) is 5.41 Å². The van der Waals surface area contributed by atoms with Crippen LogP contribution in [0.2, 0.25) is 0 Å². The Balaban J connectivity index is 2.18. The summed E-state index contributed by atoms with van der Waals surface area (Å²) in [6.45, 7) is 17.7. The molecule has 0 radical (unpaired) electrons. The monoisotopic (exact) mass is 400 g/mol. The third-order valence-corrected chi connectivity index (χ3v) is 6.41. The molecule has 0 fully saturated rings. The first-order valence-electron chi connectivity index (χ1n) is 11.2. The molecule has 0 N–H and O–H groups in total. The van der Waals surface area contributed by atoms with Gasteiger partial charge in [-0.3, -0.25) is 0 Å². The van der Waals surface area contributed by atoms with E-state index in [1.165, 1.54) is 58.2 Å². The lowest BCUT2D eigenvalue weighted by Gasteiger charge is -2.37. The minimum absolute atomic E-state index is 0.154. The van der Waals surface area contributed by atoms with E-state index in [0.29, 0.717) is 0 Å². The summed E-state index contributed by atoms with van der Waals surface area (Å²) in [7, 11) is 0. The van der Waals surface area contributed by atoms with Crippen LogP contribution in [0.3, 0.4) is 0 Å². The van der Waals surface area contributed by atoms with Crippen molar-refractivity contribution in [3.63, 3.8) is 0 Å². The molecule has 1 heteroatoms. The first-order chi connectivity index (χ1) is 14.3. The molecule has 0 amide bonds. The van der Waals surface area contributed by atoms with E-state index >= 15 is 0 Å². The molecule has 0 bridgehead atoms. The number of aryl methyl sites for hydroxylation is 1. The maximum absolute atomic E-state index is 6.36. The largest absolute Gasteiger partial charge is 0.457 e. The van der Waals surface area contributed by atoms with Gasteiger partial charge in [0.25, 0.3) is 0 Å². The molecule has 158 valence electrons. The predicted molar refractivity (Wildman–Crippen MR) is 130 cm³/mol. The molecule has 0 aliphatic heterocycles. The molecule has 0 unspecified atom stereocenters. The average molecular weight is 401 g/mol. The van der Waals surface area contributed by atoms with Gasteiger partial charge in [0.2, 0.25) is 0 Å². The summed E-state index contributed by atoms with van der Waals surface area (Å²) in [5.74, 6) is 1.83. The van der Waals surface area contributed by atoms with Gasteiger partial charge in [0, 0.05) is 5.56 Å². The van der Waals surface area contributed by atoms with E-state index in [9.17, 15) is 0 Å². The summed E-state index contributed by atoms with van der Waals surface area (Å²) in [4.78, 5) is 0. The Morgan fingerprint density at radius 3 is 2.40 bits per heavy atom. The molecule has 1 aliphatic carbocycles. The highest BCUT2D eigenvalue weighted by Crippen LogP contribution is 2.49. The van der Waals surface area contributed by atoms with Crippen LogP contribution in [0.5, 0.6) is 11.5 Å². The van der Waals surface area contributed by atoms with Gasteiger partial charge in [0.15, 0.2) is 0 Å². The van der Waals surface area contributed by atoms with Gasteiger partial charge >= 0.3 is 0 Å². The summed E-state index contributed by atoms with van der Waals surface area (Å²) in [5, 5.41) is 0. The number of benzene rings is 2. The van der Waals surface area contributed by atoms with E-state index in [-0.39, 0.29) is 5.41 Å². The first kappa shape index (κ1) is 22.2. The number of hydrogen-bond acceptors (Lipinski definition) is 1. The Hall–Kier alpha value is -2.54. The van der Waals surface area contributed by atoms with Crippen LogP contribution in [0.4, 0.5) is 0 Å². The molecule has 2 aromatic rings. The summed E-state index contributed by atoms with van der Waals surface area (Å²) in [6.07, 6.45) is 6.58. The molecule has 0 saturated carbocycles. The van der Waals surface area contributed by atoms with Gasteiger partial charge in [-0.05, 0) is 92.4 Å². The number of allylic oxidation sites excluding steroid dienone is 5. The van der Waals surface area contributed by atoms with E-state index in [1.807, 2.05) is 18.2 Å². The molecule has 30 heavy (non-hydrogen) atoms. The molecule has 0 saturated heterocycles. The molecule has 1 aliphatic rings. The first-order valence-corrected chi connectivity index (χ1v) is 11.2. The van der Waals surface area contributed by atoms with Crippen molar-refractivity contribution in [2.75, 3.05) is 0 Å². The fraction of sp³-hybridized carbons (Fsp3) is 0.379. The summed E-state index contributed by atoms with van der Waals surface area (Å²) in [6, 6.07) is 14.8. The van der Waals surface area contributed by atoms with Gasteiger partial charge in [-0.15, -0.1) is 0 Å². The summed E-state index contributed by atoms with van der Waals surface area (Å²) in [5.41, 5.74) is 9.52. The van der Waals surface area contributed by atoms with Crippen molar-refractivity contribution in [3.05, 3.63) is 88.5 Å². The molecular weight excluding hydrogens is 364 g/mol. The quantitative estimate of drug-likeness (QED) is 0.440. The van der Waals surface area contributed by atoms with E-state index in [2.05, 4.69) is 78.5 Å². The Kier molecular flexibility index (Phi) is 6.71. The van der Waals surface area contributed by atoms with E-state index in [4.69, 9.17) is 4.74 Å². The normalized spacial score (nSPS) is 16.9. The molecule has 2 aromatic carbocycles. The highest BCUT2D eigenvalue weighted by atomic mass is 16.5. The molecule has 0 spiro atoms. The fourth-order valence-corrected chi connectivity index (χ4v) is 4.81. The third kappa shape index (κ3) is 4.46. The Bertz CT molecular complexity index is 984. The fourth-order valence-electron chi connectivity index (χ4n) is 4.81. The van der Waals surface area contributed by atoms with Gasteiger partial charge in [0.1, 0.15) is 11.5 Å². The number of hydrogen-bond donors (Lipinski definition) is 0. The molecular formula is C29H36O. The highest BCUT2D eigenvalue weighted by molar-refractivity contribution is 5.87. The van der Waals surface area contributed by atoms with Crippen molar-refractivity contribution in [2.45, 2.75) is 67.2 Å². The lowest BCUT2D eigenvalue weighted by Crippen LogP contribution is -2.22. The molecule has 1 nitrogen and oxygen atoms in total. The van der Waals surface area contributed by atoms with Crippen LogP contribution in [-0.2, 0) is 6.42 Å². The smallest absolute Gasteiger partial charge is 0.131 e. The minimum atomic E-state index is 0.154. The summed E-state index contributed by atoms with van der Waals surface area (Å²) >= 11 is 0. The maximum atomic E-state index is 6.36. The topological polar surface area (TPSA) is 9.23 Å². The van der Waals surface area contributed by atoms with Gasteiger partial charge in [-0.1, -0.05) is 68.8 Å². The standard InChI is InChI=1S/C29H36O/c1-8-21(4)27(28-22(5)12-11-19-29(28,6)7)25-13-10-14-26(24(25)9-2)30-23-17-15-20(3)16-18-23/h8,10,13-18H,1,9,11-12,19H2,2-7H3/b27-21+. The minimum Gasteiger partial charge on any atom is -0.457 e.